The topological polar surface area (TPSA) is 90.9 Å². The molecule has 0 unspecified atom stereocenters. The quantitative estimate of drug-likeness (QED) is 0.606. The highest BCUT2D eigenvalue weighted by molar-refractivity contribution is 7.54. The largest absolute Gasteiger partial charge is 0.444 e. The predicted octanol–water partition coefficient (Wildman–Crippen LogP) is 3.52. The fourth-order valence-corrected chi connectivity index (χ4v) is 2.88. The fourth-order valence-electron chi connectivity index (χ4n) is 1.91. The van der Waals surface area contributed by atoms with Crippen LogP contribution in [0.15, 0.2) is 0 Å². The molecule has 0 spiro atoms. The average molecular weight is 351 g/mol. The third-order valence-corrected chi connectivity index (χ3v) is 4.88. The van der Waals surface area contributed by atoms with E-state index in [0.29, 0.717) is 6.42 Å². The molecule has 0 aromatic carbocycles. The van der Waals surface area contributed by atoms with Gasteiger partial charge in [0.05, 0.1) is 0 Å². The van der Waals surface area contributed by atoms with Gasteiger partial charge in [0.1, 0.15) is 17.5 Å². The highest BCUT2D eigenvalue weighted by atomic mass is 31.2. The number of amides is 1. The smallest absolute Gasteiger partial charge is 0.407 e. The summed E-state index contributed by atoms with van der Waals surface area (Å²) in [7, 11) is -0.898. The van der Waals surface area contributed by atoms with E-state index in [4.69, 9.17) is 13.8 Å². The summed E-state index contributed by atoms with van der Waals surface area (Å²) in [5, 5.41) is 2.71. The Labute approximate surface area is 139 Å². The second-order valence-corrected chi connectivity index (χ2v) is 8.63. The number of unbranched alkanes of at least 4 members (excludes halogenated alkanes) is 1. The van der Waals surface area contributed by atoms with Crippen LogP contribution in [0.4, 0.5) is 4.79 Å². The van der Waals surface area contributed by atoms with Gasteiger partial charge in [-0.1, -0.05) is 19.8 Å². The lowest BCUT2D eigenvalue weighted by Gasteiger charge is -2.23. The van der Waals surface area contributed by atoms with E-state index in [1.165, 1.54) is 14.2 Å². The lowest BCUT2D eigenvalue weighted by molar-refractivity contribution is -0.117. The molecule has 0 aliphatic carbocycles. The Kier molecular flexibility index (Phi) is 9.66. The summed E-state index contributed by atoms with van der Waals surface area (Å²) in [5.41, 5.74) is -0.606. The van der Waals surface area contributed by atoms with E-state index in [1.54, 1.807) is 20.8 Å². The highest BCUT2D eigenvalue weighted by Crippen LogP contribution is 2.46. The second kappa shape index (κ2) is 10.1. The Balaban J connectivity index is 4.69. The van der Waals surface area contributed by atoms with Gasteiger partial charge in [-0.3, -0.25) is 9.36 Å². The minimum atomic E-state index is -3.38. The van der Waals surface area contributed by atoms with Crippen molar-refractivity contribution in [1.82, 2.24) is 5.32 Å². The molecular weight excluding hydrogens is 321 g/mol. The Bertz CT molecular complexity index is 424. The van der Waals surface area contributed by atoms with E-state index in [9.17, 15) is 14.2 Å². The zero-order chi connectivity index (χ0) is 18.1. The molecule has 1 N–H and O–H groups in total. The van der Waals surface area contributed by atoms with Crippen molar-refractivity contribution in [2.75, 3.05) is 20.4 Å². The van der Waals surface area contributed by atoms with Crippen molar-refractivity contribution in [3.63, 3.8) is 0 Å². The summed E-state index contributed by atoms with van der Waals surface area (Å²) in [5.74, 6) is -0.283. The third-order valence-electron chi connectivity index (χ3n) is 3.03. The molecule has 136 valence electrons. The monoisotopic (exact) mass is 351 g/mol. The van der Waals surface area contributed by atoms with Crippen LogP contribution in [0.25, 0.3) is 0 Å². The van der Waals surface area contributed by atoms with Crippen molar-refractivity contribution in [2.24, 2.45) is 0 Å². The SMILES string of the molecule is CCCC[C@H](CC(=O)CP(=O)(OC)OC)NC(=O)OC(C)(C)C. The average Bonchev–Trinajstić information content (AvgIpc) is 2.42. The maximum Gasteiger partial charge on any atom is 0.407 e. The first-order chi connectivity index (χ1) is 10.5. The van der Waals surface area contributed by atoms with Crippen LogP contribution in [0, 0.1) is 0 Å². The zero-order valence-electron chi connectivity index (χ0n) is 15.0. The molecule has 0 heterocycles. The number of ketones is 1. The number of alkyl carbamates (subject to hydrolysis) is 1. The highest BCUT2D eigenvalue weighted by Gasteiger charge is 2.28. The van der Waals surface area contributed by atoms with Crippen LogP contribution < -0.4 is 5.32 Å². The molecule has 0 saturated carbocycles. The number of carbonyl (C=O) groups is 2. The maximum atomic E-state index is 12.1. The number of hydrogen-bond acceptors (Lipinski definition) is 6. The van der Waals surface area contributed by atoms with Crippen molar-refractivity contribution >= 4 is 19.5 Å². The molecule has 0 aromatic rings. The third kappa shape index (κ3) is 10.5. The molecule has 0 aliphatic heterocycles. The van der Waals surface area contributed by atoms with Crippen LogP contribution in [0.2, 0.25) is 0 Å². The van der Waals surface area contributed by atoms with Crippen LogP contribution in [0.5, 0.6) is 0 Å². The second-order valence-electron chi connectivity index (χ2n) is 6.36. The fraction of sp³-hybridized carbons (Fsp3) is 0.867. The van der Waals surface area contributed by atoms with Crippen molar-refractivity contribution in [1.29, 1.82) is 0 Å². The molecule has 0 rings (SSSR count). The van der Waals surface area contributed by atoms with Crippen LogP contribution in [-0.2, 0) is 23.1 Å². The lowest BCUT2D eigenvalue weighted by Crippen LogP contribution is -2.40. The van der Waals surface area contributed by atoms with E-state index < -0.39 is 19.3 Å². The predicted molar refractivity (Wildman–Crippen MR) is 88.8 cm³/mol. The number of hydrogen-bond donors (Lipinski definition) is 1. The number of ether oxygens (including phenoxy) is 1. The van der Waals surface area contributed by atoms with Crippen LogP contribution >= 0.6 is 7.60 Å². The molecule has 0 radical (unpaired) electrons. The van der Waals surface area contributed by atoms with E-state index in [-0.39, 0.29) is 24.4 Å². The number of Topliss-reactive ketones (excluding diaryl/α,β-unsaturated/α-hetero) is 1. The van der Waals surface area contributed by atoms with Gasteiger partial charge in [0, 0.05) is 26.7 Å². The Morgan fingerprint density at radius 3 is 2.17 bits per heavy atom. The van der Waals surface area contributed by atoms with Crippen LogP contribution in [0.1, 0.15) is 53.4 Å². The van der Waals surface area contributed by atoms with E-state index >= 15 is 0 Å². The van der Waals surface area contributed by atoms with Gasteiger partial charge < -0.3 is 19.1 Å². The molecule has 0 aliphatic rings. The van der Waals surface area contributed by atoms with Crippen molar-refractivity contribution in [3.05, 3.63) is 0 Å². The summed E-state index contributed by atoms with van der Waals surface area (Å²) in [6.45, 7) is 7.33. The van der Waals surface area contributed by atoms with Gasteiger partial charge in [0.25, 0.3) is 0 Å². The number of nitrogens with one attached hydrogen (secondary N) is 1. The van der Waals surface area contributed by atoms with Gasteiger partial charge in [0.2, 0.25) is 0 Å². The Morgan fingerprint density at radius 1 is 1.17 bits per heavy atom. The standard InChI is InChI=1S/C15H30NO6P/c1-7-8-9-12(16-14(18)22-15(2,3)4)10-13(17)11-23(19,20-5)21-6/h12H,7-11H2,1-6H3,(H,16,18)/t12-/m1/s1. The number of carbonyl (C=O) groups excluding carboxylic acids is 2. The maximum absolute atomic E-state index is 12.1. The molecule has 1 atom stereocenters. The van der Waals surface area contributed by atoms with Crippen molar-refractivity contribution < 1.29 is 27.9 Å². The van der Waals surface area contributed by atoms with Gasteiger partial charge in [-0.15, -0.1) is 0 Å². The molecule has 0 aromatic heterocycles. The van der Waals surface area contributed by atoms with Crippen LogP contribution in [0.3, 0.4) is 0 Å². The minimum Gasteiger partial charge on any atom is -0.444 e. The van der Waals surface area contributed by atoms with Gasteiger partial charge in [0.15, 0.2) is 0 Å². The van der Waals surface area contributed by atoms with E-state index in [0.717, 1.165) is 12.8 Å². The van der Waals surface area contributed by atoms with Gasteiger partial charge in [-0.25, -0.2) is 4.79 Å². The van der Waals surface area contributed by atoms with Gasteiger partial charge in [-0.05, 0) is 27.2 Å². The summed E-state index contributed by atoms with van der Waals surface area (Å²) in [4.78, 5) is 24.0. The van der Waals surface area contributed by atoms with E-state index in [1.807, 2.05) is 6.92 Å². The Hall–Kier alpha value is -0.910. The Morgan fingerprint density at radius 2 is 1.74 bits per heavy atom. The zero-order valence-corrected chi connectivity index (χ0v) is 15.9. The molecule has 1 amide bonds. The van der Waals surface area contributed by atoms with Crippen LogP contribution in [-0.4, -0.2) is 43.9 Å². The normalized spacial score (nSPS) is 13.5. The summed E-state index contributed by atoms with van der Waals surface area (Å²) in [6.07, 6.45) is 1.64. The van der Waals surface area contributed by atoms with E-state index in [2.05, 4.69) is 5.32 Å². The van der Waals surface area contributed by atoms with Crippen molar-refractivity contribution in [3.8, 4) is 0 Å². The molecule has 23 heavy (non-hydrogen) atoms. The molecule has 0 saturated heterocycles. The molecule has 7 nitrogen and oxygen atoms in total. The first-order valence-electron chi connectivity index (χ1n) is 7.77. The summed E-state index contributed by atoms with van der Waals surface area (Å²) >= 11 is 0. The van der Waals surface area contributed by atoms with Gasteiger partial charge >= 0.3 is 13.7 Å². The molecule has 0 bridgehead atoms. The van der Waals surface area contributed by atoms with Gasteiger partial charge in [-0.2, -0.15) is 0 Å². The first kappa shape index (κ1) is 22.1. The molecular formula is C15H30NO6P. The minimum absolute atomic E-state index is 0.0654. The van der Waals surface area contributed by atoms with Crippen molar-refractivity contribution in [2.45, 2.75) is 65.0 Å². The molecule has 0 fully saturated rings. The summed E-state index contributed by atoms with van der Waals surface area (Å²) in [6, 6.07) is -0.362. The summed E-state index contributed by atoms with van der Waals surface area (Å²) < 4.78 is 26.7. The first-order valence-corrected chi connectivity index (χ1v) is 9.49. The molecule has 8 heteroatoms. The lowest BCUT2D eigenvalue weighted by atomic mass is 10.0. The number of rotatable bonds is 10.